The minimum absolute atomic E-state index is 0.0860. The third-order valence-electron chi connectivity index (χ3n) is 3.00. The van der Waals surface area contributed by atoms with Crippen molar-refractivity contribution in [3.05, 3.63) is 34.1 Å². The van der Waals surface area contributed by atoms with Gasteiger partial charge in [0.2, 0.25) is 0 Å². The van der Waals surface area contributed by atoms with E-state index in [0.717, 1.165) is 17.8 Å². The van der Waals surface area contributed by atoms with Gasteiger partial charge in [0, 0.05) is 18.1 Å². The molecule has 0 aliphatic carbocycles. The molecule has 0 aromatic carbocycles. The van der Waals surface area contributed by atoms with Crippen LogP contribution in [0.4, 0.5) is 0 Å². The summed E-state index contributed by atoms with van der Waals surface area (Å²) in [6.45, 7) is 0.588. The van der Waals surface area contributed by atoms with E-state index in [1.807, 2.05) is 5.38 Å². The number of hydrogen-bond donors (Lipinski definition) is 0. The van der Waals surface area contributed by atoms with E-state index in [0.29, 0.717) is 10.8 Å². The molecule has 4 nitrogen and oxygen atoms in total. The number of thiazole rings is 1. The largest absolute Gasteiger partial charge is 0.253 e. The molecule has 18 heavy (non-hydrogen) atoms. The van der Waals surface area contributed by atoms with Crippen molar-refractivity contribution in [1.82, 2.24) is 9.29 Å². The zero-order chi connectivity index (χ0) is 12.6. The Morgan fingerprint density at radius 2 is 2.22 bits per heavy atom. The highest BCUT2D eigenvalue weighted by Gasteiger charge is 2.37. The number of nitrogens with zero attached hydrogens (tertiary/aromatic N) is 2. The van der Waals surface area contributed by atoms with E-state index in [2.05, 4.69) is 4.98 Å². The van der Waals surface area contributed by atoms with Gasteiger partial charge >= 0.3 is 0 Å². The molecule has 1 atom stereocenters. The summed E-state index contributed by atoms with van der Waals surface area (Å²) in [6, 6.07) is 3.35. The van der Waals surface area contributed by atoms with Gasteiger partial charge in [-0.05, 0) is 24.3 Å². The molecular formula is C11H12N2O2S3. The van der Waals surface area contributed by atoms with Crippen LogP contribution in [-0.2, 0) is 10.0 Å². The second-order valence-electron chi connectivity index (χ2n) is 4.08. The van der Waals surface area contributed by atoms with Crippen molar-refractivity contribution < 1.29 is 8.42 Å². The predicted octanol–water partition coefficient (Wildman–Crippen LogP) is 2.73. The van der Waals surface area contributed by atoms with Gasteiger partial charge in [-0.2, -0.15) is 4.31 Å². The van der Waals surface area contributed by atoms with Crippen molar-refractivity contribution in [2.75, 3.05) is 6.54 Å². The first-order valence-electron chi connectivity index (χ1n) is 5.64. The Hall–Kier alpha value is -0.760. The summed E-state index contributed by atoms with van der Waals surface area (Å²) in [5.74, 6) is 0. The summed E-state index contributed by atoms with van der Waals surface area (Å²) >= 11 is 2.79. The van der Waals surface area contributed by atoms with Gasteiger partial charge in [0.1, 0.15) is 9.22 Å². The van der Waals surface area contributed by atoms with Crippen LogP contribution in [0.1, 0.15) is 23.9 Å². The molecule has 0 N–H and O–H groups in total. The van der Waals surface area contributed by atoms with Gasteiger partial charge in [0.25, 0.3) is 10.0 Å². The minimum atomic E-state index is -3.35. The average molecular weight is 300 g/mol. The van der Waals surface area contributed by atoms with Crippen LogP contribution in [0.25, 0.3) is 0 Å². The first-order chi connectivity index (χ1) is 8.69. The first kappa shape index (κ1) is 12.3. The fourth-order valence-corrected chi connectivity index (χ4v) is 5.83. The molecule has 0 saturated carbocycles. The number of sulfonamides is 1. The van der Waals surface area contributed by atoms with Gasteiger partial charge in [0.05, 0.1) is 6.04 Å². The summed E-state index contributed by atoms with van der Waals surface area (Å²) in [5, 5.41) is 4.58. The Morgan fingerprint density at radius 1 is 1.33 bits per heavy atom. The molecule has 1 fully saturated rings. The van der Waals surface area contributed by atoms with E-state index in [1.165, 1.54) is 22.7 Å². The Balaban J connectivity index is 1.97. The Morgan fingerprint density at radius 3 is 2.89 bits per heavy atom. The summed E-state index contributed by atoms with van der Waals surface area (Å²) < 4.78 is 27.0. The van der Waals surface area contributed by atoms with E-state index in [1.54, 1.807) is 28.0 Å². The maximum atomic E-state index is 12.5. The van der Waals surface area contributed by atoms with Crippen LogP contribution in [0.15, 0.2) is 33.3 Å². The predicted molar refractivity (Wildman–Crippen MR) is 72.3 cm³/mol. The third kappa shape index (κ3) is 2.01. The van der Waals surface area contributed by atoms with Crippen LogP contribution in [0, 0.1) is 0 Å². The molecule has 0 spiro atoms. The molecule has 7 heteroatoms. The Bertz CT molecular complexity index is 605. The summed E-state index contributed by atoms with van der Waals surface area (Å²) in [7, 11) is -3.35. The van der Waals surface area contributed by atoms with Crippen LogP contribution in [0.3, 0.4) is 0 Å². The zero-order valence-corrected chi connectivity index (χ0v) is 12.0. The van der Waals surface area contributed by atoms with E-state index in [4.69, 9.17) is 0 Å². The molecule has 1 aliphatic heterocycles. The van der Waals surface area contributed by atoms with Crippen LogP contribution in [0.2, 0.25) is 0 Å². The SMILES string of the molecule is O=S(=O)(c1cccs1)N1CCCC1c1nccs1. The lowest BCUT2D eigenvalue weighted by molar-refractivity contribution is 0.397. The summed E-state index contributed by atoms with van der Waals surface area (Å²) in [5.41, 5.74) is 0. The van der Waals surface area contributed by atoms with Crippen molar-refractivity contribution in [2.24, 2.45) is 0 Å². The van der Waals surface area contributed by atoms with Crippen LogP contribution in [0.5, 0.6) is 0 Å². The molecule has 3 heterocycles. The fourth-order valence-electron chi connectivity index (χ4n) is 2.20. The monoisotopic (exact) mass is 300 g/mol. The summed E-state index contributed by atoms with van der Waals surface area (Å²) in [4.78, 5) is 4.26. The summed E-state index contributed by atoms with van der Waals surface area (Å²) in [6.07, 6.45) is 3.49. The quantitative estimate of drug-likeness (QED) is 0.875. The fraction of sp³-hybridized carbons (Fsp3) is 0.364. The maximum absolute atomic E-state index is 12.5. The minimum Gasteiger partial charge on any atom is -0.248 e. The van der Waals surface area contributed by atoms with Crippen LogP contribution < -0.4 is 0 Å². The zero-order valence-electron chi connectivity index (χ0n) is 9.52. The molecule has 2 aromatic heterocycles. The smallest absolute Gasteiger partial charge is 0.248 e. The molecule has 3 rings (SSSR count). The van der Waals surface area contributed by atoms with Crippen molar-refractivity contribution in [1.29, 1.82) is 0 Å². The molecule has 0 amide bonds. The van der Waals surface area contributed by atoms with Gasteiger partial charge in [0.15, 0.2) is 0 Å². The number of hydrogen-bond acceptors (Lipinski definition) is 5. The maximum Gasteiger partial charge on any atom is 0.253 e. The van der Waals surface area contributed by atoms with Crippen molar-refractivity contribution in [3.8, 4) is 0 Å². The van der Waals surface area contributed by atoms with Crippen molar-refractivity contribution in [2.45, 2.75) is 23.1 Å². The molecule has 1 unspecified atom stereocenters. The number of aromatic nitrogens is 1. The lowest BCUT2D eigenvalue weighted by Gasteiger charge is -2.21. The number of thiophene rings is 1. The Labute approximate surface area is 114 Å². The van der Waals surface area contributed by atoms with E-state index >= 15 is 0 Å². The highest BCUT2D eigenvalue weighted by molar-refractivity contribution is 7.91. The lowest BCUT2D eigenvalue weighted by atomic mass is 10.2. The van der Waals surface area contributed by atoms with E-state index in [-0.39, 0.29) is 6.04 Å². The van der Waals surface area contributed by atoms with Gasteiger partial charge in [-0.3, -0.25) is 0 Å². The topological polar surface area (TPSA) is 50.3 Å². The molecule has 0 bridgehead atoms. The molecule has 2 aromatic rings. The first-order valence-corrected chi connectivity index (χ1v) is 8.84. The normalized spacial score (nSPS) is 21.4. The van der Waals surface area contributed by atoms with Gasteiger partial charge in [-0.25, -0.2) is 13.4 Å². The second-order valence-corrected chi connectivity index (χ2v) is 8.07. The van der Waals surface area contributed by atoms with Crippen LogP contribution in [-0.4, -0.2) is 24.3 Å². The molecular weight excluding hydrogens is 288 g/mol. The number of rotatable bonds is 3. The van der Waals surface area contributed by atoms with Gasteiger partial charge < -0.3 is 0 Å². The highest BCUT2D eigenvalue weighted by Crippen LogP contribution is 2.37. The third-order valence-corrected chi connectivity index (χ3v) is 7.16. The van der Waals surface area contributed by atoms with Crippen LogP contribution >= 0.6 is 22.7 Å². The van der Waals surface area contributed by atoms with Crippen molar-refractivity contribution in [3.63, 3.8) is 0 Å². The van der Waals surface area contributed by atoms with E-state index in [9.17, 15) is 8.42 Å². The van der Waals surface area contributed by atoms with Gasteiger partial charge in [-0.1, -0.05) is 6.07 Å². The molecule has 1 aliphatic rings. The second kappa shape index (κ2) is 4.73. The lowest BCUT2D eigenvalue weighted by Crippen LogP contribution is -2.30. The Kier molecular flexibility index (Phi) is 3.23. The average Bonchev–Trinajstić information content (AvgIpc) is 3.11. The van der Waals surface area contributed by atoms with Crippen molar-refractivity contribution >= 4 is 32.7 Å². The molecule has 1 saturated heterocycles. The highest BCUT2D eigenvalue weighted by atomic mass is 32.2. The standard InChI is InChI=1S/C11H12N2O2S3/c14-18(15,10-4-2-7-16-10)13-6-1-3-9(13)11-12-5-8-17-11/h2,4-5,7-9H,1,3,6H2. The van der Waals surface area contributed by atoms with Gasteiger partial charge in [-0.15, -0.1) is 22.7 Å². The molecule has 96 valence electrons. The van der Waals surface area contributed by atoms with E-state index < -0.39 is 10.0 Å². The molecule has 0 radical (unpaired) electrons.